The Kier molecular flexibility index (Phi) is 8.14. The molecule has 3 heterocycles. The van der Waals surface area contributed by atoms with Gasteiger partial charge >= 0.3 is 18.2 Å². The van der Waals surface area contributed by atoms with E-state index in [9.17, 15) is 23.3 Å². The van der Waals surface area contributed by atoms with E-state index in [1.54, 1.807) is 4.57 Å². The molecule has 4 aromatic rings. The summed E-state index contributed by atoms with van der Waals surface area (Å²) < 4.78 is 60.1. The minimum atomic E-state index is -4.73. The quantitative estimate of drug-likeness (QED) is 0.154. The van der Waals surface area contributed by atoms with Gasteiger partial charge in [-0.1, -0.05) is 12.1 Å². The summed E-state index contributed by atoms with van der Waals surface area (Å²) in [6.07, 6.45) is -3.36. The molecule has 1 saturated heterocycles. The van der Waals surface area contributed by atoms with Crippen LogP contribution in [0, 0.1) is 10.1 Å². The third-order valence-corrected chi connectivity index (χ3v) is 7.50. The van der Waals surface area contributed by atoms with Crippen LogP contribution in [0.3, 0.4) is 0 Å². The normalized spacial score (nSPS) is 18.3. The molecule has 3 aromatic carbocycles. The first-order chi connectivity index (χ1) is 21.5. The Balaban J connectivity index is 0.933. The molecule has 2 aliphatic rings. The van der Waals surface area contributed by atoms with Gasteiger partial charge in [0.15, 0.2) is 5.60 Å². The molecule has 0 radical (unpaired) electrons. The highest BCUT2D eigenvalue weighted by Gasteiger charge is 2.41. The molecule has 6 rings (SSSR count). The molecule has 0 saturated carbocycles. The highest BCUT2D eigenvalue weighted by atomic mass is 19.4. The third kappa shape index (κ3) is 7.58. The Labute approximate surface area is 256 Å². The molecule has 1 atom stereocenters. The number of fused-ring (bicyclic) bond motifs is 1. The number of nitro groups is 1. The maximum atomic E-state index is 12.3. The van der Waals surface area contributed by atoms with Gasteiger partial charge in [0, 0.05) is 43.4 Å². The van der Waals surface area contributed by atoms with Crippen molar-refractivity contribution in [1.82, 2.24) is 14.5 Å². The van der Waals surface area contributed by atoms with E-state index in [0.717, 1.165) is 44.0 Å². The molecule has 0 N–H and O–H groups in total. The van der Waals surface area contributed by atoms with Gasteiger partial charge in [0.25, 0.3) is 0 Å². The number of benzene rings is 3. The van der Waals surface area contributed by atoms with E-state index in [0.29, 0.717) is 23.8 Å². The predicted molar refractivity (Wildman–Crippen MR) is 157 cm³/mol. The molecule has 0 amide bonds. The summed E-state index contributed by atoms with van der Waals surface area (Å²) in [4.78, 5) is 19.0. The fourth-order valence-electron chi connectivity index (χ4n) is 5.28. The highest BCUT2D eigenvalue weighted by molar-refractivity contribution is 5.49. The van der Waals surface area contributed by atoms with Crippen molar-refractivity contribution in [2.75, 3.05) is 37.7 Å². The first kappa shape index (κ1) is 30.1. The van der Waals surface area contributed by atoms with Crippen molar-refractivity contribution in [1.29, 1.82) is 0 Å². The van der Waals surface area contributed by atoms with E-state index >= 15 is 0 Å². The first-order valence-corrected chi connectivity index (χ1v) is 14.2. The number of anilines is 1. The van der Waals surface area contributed by atoms with Crippen LogP contribution in [0.4, 0.5) is 24.7 Å². The number of ether oxygens (including phenoxy) is 4. The first-order valence-electron chi connectivity index (χ1n) is 14.2. The molecule has 11 nitrogen and oxygen atoms in total. The minimum absolute atomic E-state index is 0.221. The molecule has 14 heteroatoms. The van der Waals surface area contributed by atoms with E-state index in [1.165, 1.54) is 30.5 Å². The number of aromatic nitrogens is 2. The highest BCUT2D eigenvalue weighted by Crippen LogP contribution is 2.32. The van der Waals surface area contributed by atoms with Gasteiger partial charge < -0.3 is 34.0 Å². The molecule has 1 aromatic heterocycles. The molecule has 1 fully saturated rings. The van der Waals surface area contributed by atoms with Gasteiger partial charge in [-0.05, 0) is 78.1 Å². The minimum Gasteiger partial charge on any atom is -0.489 e. The fraction of sp³-hybridized carbons (Fsp3) is 0.323. The molecule has 0 aliphatic carbocycles. The average Bonchev–Trinajstić information content (AvgIpc) is 3.54. The summed E-state index contributed by atoms with van der Waals surface area (Å²) in [5.74, 6) is 1.17. The molecule has 2 aliphatic heterocycles. The fourth-order valence-corrected chi connectivity index (χ4v) is 5.28. The lowest BCUT2D eigenvalue weighted by atomic mass is 10.1. The summed E-state index contributed by atoms with van der Waals surface area (Å²) in [7, 11) is 0. The van der Waals surface area contributed by atoms with Gasteiger partial charge in [0.05, 0.1) is 6.54 Å². The van der Waals surface area contributed by atoms with Crippen molar-refractivity contribution in [3.63, 3.8) is 0 Å². The molecule has 0 spiro atoms. The van der Waals surface area contributed by atoms with Crippen LogP contribution in [0.5, 0.6) is 29.0 Å². The number of nitrogens with zero attached hydrogens (tertiary/aromatic N) is 5. The summed E-state index contributed by atoms with van der Waals surface area (Å²) >= 11 is 0. The largest absolute Gasteiger partial charge is 0.573 e. The second-order valence-electron chi connectivity index (χ2n) is 11.1. The number of hydrogen-bond donors (Lipinski definition) is 0. The van der Waals surface area contributed by atoms with E-state index in [-0.39, 0.29) is 24.2 Å². The zero-order valence-electron chi connectivity index (χ0n) is 24.3. The number of imidazole rings is 1. The van der Waals surface area contributed by atoms with Crippen LogP contribution in [-0.4, -0.2) is 64.1 Å². The van der Waals surface area contributed by atoms with Crippen molar-refractivity contribution in [3.05, 3.63) is 94.7 Å². The standard InChI is InChI=1S/C31H30F3N5O6/c1-30(20-38-19-28(39(40)41)35-29(38)45-30)21-42-24-8-4-23(5-9-24)37-16-14-36(15-17-37)18-22-2-6-25(7-3-22)43-26-10-12-27(13-11-26)44-31(32,33)34/h2-13,19H,14-18,20-21H2,1H3/t30-/m0/s1. The lowest BCUT2D eigenvalue weighted by Gasteiger charge is -2.36. The number of halogens is 3. The zero-order chi connectivity index (χ0) is 31.6. The van der Waals surface area contributed by atoms with Crippen molar-refractivity contribution >= 4 is 11.5 Å². The summed E-state index contributed by atoms with van der Waals surface area (Å²) in [5.41, 5.74) is 1.56. The van der Waals surface area contributed by atoms with Crippen molar-refractivity contribution in [2.45, 2.75) is 32.0 Å². The zero-order valence-corrected chi connectivity index (χ0v) is 24.3. The van der Waals surface area contributed by atoms with Gasteiger partial charge in [0.1, 0.15) is 35.8 Å². The van der Waals surface area contributed by atoms with Crippen LogP contribution >= 0.6 is 0 Å². The number of hydrogen-bond acceptors (Lipinski definition) is 9. The second kappa shape index (κ2) is 12.2. The molecular weight excluding hydrogens is 595 g/mol. The maximum Gasteiger partial charge on any atom is 0.573 e. The molecule has 0 unspecified atom stereocenters. The Bertz CT molecular complexity index is 1600. The molecule has 236 valence electrons. The van der Waals surface area contributed by atoms with E-state index < -0.39 is 16.9 Å². The number of alkyl halides is 3. The molecule has 45 heavy (non-hydrogen) atoms. The second-order valence-corrected chi connectivity index (χ2v) is 11.1. The molecule has 0 bridgehead atoms. The van der Waals surface area contributed by atoms with Crippen molar-refractivity contribution < 1.29 is 37.0 Å². The Morgan fingerprint density at radius 2 is 1.51 bits per heavy atom. The van der Waals surface area contributed by atoms with Crippen LogP contribution < -0.4 is 23.8 Å². The summed E-state index contributed by atoms with van der Waals surface area (Å²) in [6, 6.07) is 21.1. The predicted octanol–water partition coefficient (Wildman–Crippen LogP) is 6.03. The van der Waals surface area contributed by atoms with Crippen LogP contribution in [0.2, 0.25) is 0 Å². The lowest BCUT2D eigenvalue weighted by molar-refractivity contribution is -0.389. The van der Waals surface area contributed by atoms with Crippen LogP contribution in [0.25, 0.3) is 0 Å². The Morgan fingerprint density at radius 1 is 0.911 bits per heavy atom. The van der Waals surface area contributed by atoms with Gasteiger partial charge in [0.2, 0.25) is 0 Å². The molecular formula is C31H30F3N5O6. The summed E-state index contributed by atoms with van der Waals surface area (Å²) in [5, 5.41) is 10.9. The monoisotopic (exact) mass is 625 g/mol. The number of piperazine rings is 1. The van der Waals surface area contributed by atoms with Crippen molar-refractivity contribution in [3.8, 4) is 29.0 Å². The van der Waals surface area contributed by atoms with Gasteiger partial charge in [-0.2, -0.15) is 0 Å². The van der Waals surface area contributed by atoms with Crippen molar-refractivity contribution in [2.24, 2.45) is 0 Å². The average molecular weight is 626 g/mol. The van der Waals surface area contributed by atoms with E-state index in [4.69, 9.17) is 14.2 Å². The van der Waals surface area contributed by atoms with Gasteiger partial charge in [-0.25, -0.2) is 0 Å². The van der Waals surface area contributed by atoms with Crippen LogP contribution in [0.15, 0.2) is 79.0 Å². The third-order valence-electron chi connectivity index (χ3n) is 7.50. The maximum absolute atomic E-state index is 12.3. The smallest absolute Gasteiger partial charge is 0.489 e. The van der Waals surface area contributed by atoms with Gasteiger partial charge in [-0.3, -0.25) is 9.47 Å². The number of rotatable bonds is 10. The van der Waals surface area contributed by atoms with Crippen LogP contribution in [0.1, 0.15) is 12.5 Å². The Morgan fingerprint density at radius 3 is 2.11 bits per heavy atom. The summed E-state index contributed by atoms with van der Waals surface area (Å²) in [6.45, 7) is 6.88. The topological polar surface area (TPSA) is 104 Å². The lowest BCUT2D eigenvalue weighted by Crippen LogP contribution is -2.45. The van der Waals surface area contributed by atoms with E-state index in [2.05, 4.69) is 19.5 Å². The van der Waals surface area contributed by atoms with E-state index in [1.807, 2.05) is 55.5 Å². The Hall–Kier alpha value is -4.98. The SMILES string of the molecule is C[C@@]1(COc2ccc(N3CCN(Cc4ccc(Oc5ccc(OC(F)(F)F)cc5)cc4)CC3)cc2)Cn2cc([N+](=O)[O-])nc2O1. The van der Waals surface area contributed by atoms with Crippen LogP contribution in [-0.2, 0) is 13.1 Å². The van der Waals surface area contributed by atoms with Gasteiger partial charge in [-0.15, -0.1) is 13.2 Å².